The quantitative estimate of drug-likeness (QED) is 0.211. The Morgan fingerprint density at radius 1 is 1.12 bits per heavy atom. The van der Waals surface area contributed by atoms with Crippen LogP contribution in [0.3, 0.4) is 0 Å². The highest BCUT2D eigenvalue weighted by Crippen LogP contribution is 2.14. The molecule has 1 heterocycles. The maximum absolute atomic E-state index is 12.7. The molecule has 3 amide bonds. The third-order valence-corrected chi connectivity index (χ3v) is 5.28. The smallest absolute Gasteiger partial charge is 0.253 e. The number of hydrogen-bond donors (Lipinski definition) is 4. The van der Waals surface area contributed by atoms with Gasteiger partial charge in [0.25, 0.3) is 5.91 Å². The lowest BCUT2D eigenvalue weighted by Crippen LogP contribution is -2.42. The number of hydrogen-bond acceptors (Lipinski definition) is 5. The SMILES string of the molecule is [B]c1cc(C(C)NC(=O)CC(=O)Nc2ccc(C(=N)N)cc2)ccc1C(=O)N1CCOCC1. The van der Waals surface area contributed by atoms with Gasteiger partial charge < -0.3 is 26.0 Å². The van der Waals surface area contributed by atoms with Gasteiger partial charge in [-0.3, -0.25) is 19.8 Å². The number of nitrogen functional groups attached to an aromatic ring is 1. The lowest BCUT2D eigenvalue weighted by Gasteiger charge is -2.27. The third-order valence-electron chi connectivity index (χ3n) is 5.28. The first-order chi connectivity index (χ1) is 15.7. The van der Waals surface area contributed by atoms with Crippen LogP contribution in [0, 0.1) is 5.41 Å². The summed E-state index contributed by atoms with van der Waals surface area (Å²) in [4.78, 5) is 38.9. The number of nitrogens with one attached hydrogen (secondary N) is 3. The predicted molar refractivity (Wildman–Crippen MR) is 126 cm³/mol. The standard InChI is InChI=1S/C23H26BN5O4/c1-14(16-4-7-18(19(24)12-16)23(32)29-8-10-33-11-9-29)27-20(30)13-21(31)28-17-5-2-15(3-6-17)22(25)26/h2-7,12,14H,8-11,13H2,1H3,(H3,25,26)(H,27,30)(H,28,31). The Morgan fingerprint density at radius 2 is 1.79 bits per heavy atom. The largest absolute Gasteiger partial charge is 0.384 e. The first-order valence-electron chi connectivity index (χ1n) is 10.5. The van der Waals surface area contributed by atoms with Gasteiger partial charge in [-0.25, -0.2) is 0 Å². The fourth-order valence-electron chi connectivity index (χ4n) is 3.44. The van der Waals surface area contributed by atoms with Gasteiger partial charge in [-0.2, -0.15) is 0 Å². The van der Waals surface area contributed by atoms with E-state index in [1.165, 1.54) is 0 Å². The summed E-state index contributed by atoms with van der Waals surface area (Å²) in [5.74, 6) is -1.14. The average Bonchev–Trinajstić information content (AvgIpc) is 2.79. The minimum atomic E-state index is -0.471. The Kier molecular flexibility index (Phi) is 7.84. The Morgan fingerprint density at radius 3 is 2.39 bits per heavy atom. The summed E-state index contributed by atoms with van der Waals surface area (Å²) >= 11 is 0. The number of benzene rings is 2. The second-order valence-corrected chi connectivity index (χ2v) is 7.76. The molecule has 0 aliphatic carbocycles. The molecule has 5 N–H and O–H groups in total. The van der Waals surface area contributed by atoms with Crippen LogP contribution >= 0.6 is 0 Å². The van der Waals surface area contributed by atoms with E-state index in [-0.39, 0.29) is 18.2 Å². The van der Waals surface area contributed by atoms with Crippen LogP contribution in [0.15, 0.2) is 42.5 Å². The molecule has 3 rings (SSSR count). The molecule has 9 nitrogen and oxygen atoms in total. The van der Waals surface area contributed by atoms with Gasteiger partial charge in [-0.05, 0) is 42.8 Å². The number of carbonyl (C=O) groups is 3. The first kappa shape index (κ1) is 24.0. The van der Waals surface area contributed by atoms with Gasteiger partial charge in [0.2, 0.25) is 11.8 Å². The topological polar surface area (TPSA) is 138 Å². The van der Waals surface area contributed by atoms with Crippen molar-refractivity contribution in [3.8, 4) is 0 Å². The van der Waals surface area contributed by atoms with E-state index < -0.39 is 17.9 Å². The number of morpholine rings is 1. The number of anilines is 1. The van der Waals surface area contributed by atoms with E-state index >= 15 is 0 Å². The van der Waals surface area contributed by atoms with E-state index in [0.717, 1.165) is 5.56 Å². The zero-order valence-electron chi connectivity index (χ0n) is 18.4. The van der Waals surface area contributed by atoms with Crippen LogP contribution in [-0.4, -0.2) is 62.6 Å². The lowest BCUT2D eigenvalue weighted by molar-refractivity contribution is -0.127. The number of rotatable bonds is 7. The van der Waals surface area contributed by atoms with Crippen molar-refractivity contribution in [1.29, 1.82) is 5.41 Å². The molecular weight excluding hydrogens is 421 g/mol. The van der Waals surface area contributed by atoms with Crippen LogP contribution in [0.2, 0.25) is 0 Å². The van der Waals surface area contributed by atoms with Crippen LogP contribution in [0.1, 0.15) is 40.9 Å². The van der Waals surface area contributed by atoms with Crippen molar-refractivity contribution < 1.29 is 19.1 Å². The second kappa shape index (κ2) is 10.8. The molecule has 2 radical (unpaired) electrons. The molecule has 0 bridgehead atoms. The Labute approximate surface area is 193 Å². The summed E-state index contributed by atoms with van der Waals surface area (Å²) in [5.41, 5.74) is 7.90. The van der Waals surface area contributed by atoms with Gasteiger partial charge in [0.15, 0.2) is 0 Å². The summed E-state index contributed by atoms with van der Waals surface area (Å²) in [7, 11) is 6.12. The van der Waals surface area contributed by atoms with Crippen LogP contribution in [0.5, 0.6) is 0 Å². The summed E-state index contributed by atoms with van der Waals surface area (Å²) < 4.78 is 5.27. The van der Waals surface area contributed by atoms with Gasteiger partial charge in [0, 0.05) is 29.9 Å². The molecule has 1 saturated heterocycles. The van der Waals surface area contributed by atoms with Crippen molar-refractivity contribution >= 4 is 42.6 Å². The zero-order chi connectivity index (χ0) is 24.0. The highest BCUT2D eigenvalue weighted by Gasteiger charge is 2.21. The molecule has 1 unspecified atom stereocenters. The second-order valence-electron chi connectivity index (χ2n) is 7.76. The normalized spacial score (nSPS) is 14.3. The molecular formula is C23H26BN5O4. The highest BCUT2D eigenvalue weighted by atomic mass is 16.5. The maximum atomic E-state index is 12.7. The van der Waals surface area contributed by atoms with E-state index in [1.807, 2.05) is 0 Å². The minimum absolute atomic E-state index is 0.0691. The molecule has 1 atom stereocenters. The maximum Gasteiger partial charge on any atom is 0.253 e. The molecule has 0 saturated carbocycles. The Balaban J connectivity index is 1.54. The number of carbonyl (C=O) groups excluding carboxylic acids is 3. The minimum Gasteiger partial charge on any atom is -0.384 e. The average molecular weight is 447 g/mol. The fraction of sp³-hybridized carbons (Fsp3) is 0.304. The Hall–Kier alpha value is -3.66. The van der Waals surface area contributed by atoms with E-state index in [2.05, 4.69) is 10.6 Å². The summed E-state index contributed by atoms with van der Waals surface area (Å²) in [6.45, 7) is 3.83. The number of nitrogens with two attached hydrogens (primary N) is 1. The van der Waals surface area contributed by atoms with E-state index in [1.54, 1.807) is 54.3 Å². The number of ether oxygens (including phenoxy) is 1. The van der Waals surface area contributed by atoms with E-state index in [4.69, 9.17) is 23.7 Å². The van der Waals surface area contributed by atoms with Gasteiger partial charge >= 0.3 is 0 Å². The Bertz CT molecular complexity index is 1050. The van der Waals surface area contributed by atoms with Crippen LogP contribution in [0.4, 0.5) is 5.69 Å². The van der Waals surface area contributed by atoms with Crippen molar-refractivity contribution in [1.82, 2.24) is 10.2 Å². The molecule has 2 aromatic carbocycles. The van der Waals surface area contributed by atoms with Crippen molar-refractivity contribution in [3.05, 3.63) is 59.2 Å². The molecule has 1 fully saturated rings. The molecule has 0 spiro atoms. The van der Waals surface area contributed by atoms with Gasteiger partial charge in [-0.1, -0.05) is 17.6 Å². The highest BCUT2D eigenvalue weighted by molar-refractivity contribution is 6.36. The van der Waals surface area contributed by atoms with Crippen LogP contribution in [0.25, 0.3) is 0 Å². The molecule has 170 valence electrons. The van der Waals surface area contributed by atoms with Crippen LogP contribution in [-0.2, 0) is 14.3 Å². The molecule has 1 aliphatic heterocycles. The van der Waals surface area contributed by atoms with Crippen LogP contribution < -0.4 is 21.8 Å². The summed E-state index contributed by atoms with van der Waals surface area (Å²) in [6.07, 6.45) is -0.359. The molecule has 10 heteroatoms. The lowest BCUT2D eigenvalue weighted by atomic mass is 9.87. The van der Waals surface area contributed by atoms with Gasteiger partial charge in [0.05, 0.1) is 19.3 Å². The van der Waals surface area contributed by atoms with Gasteiger partial charge in [-0.15, -0.1) is 0 Å². The van der Waals surface area contributed by atoms with E-state index in [0.29, 0.717) is 48.6 Å². The van der Waals surface area contributed by atoms with Crippen molar-refractivity contribution in [3.63, 3.8) is 0 Å². The molecule has 0 aromatic heterocycles. The van der Waals surface area contributed by atoms with Gasteiger partial charge in [0.1, 0.15) is 20.1 Å². The van der Waals surface area contributed by atoms with E-state index in [9.17, 15) is 14.4 Å². The van der Waals surface area contributed by atoms with Crippen molar-refractivity contribution in [2.24, 2.45) is 5.73 Å². The van der Waals surface area contributed by atoms with Crippen molar-refractivity contribution in [2.45, 2.75) is 19.4 Å². The molecule has 2 aromatic rings. The first-order valence-corrected chi connectivity index (χ1v) is 10.5. The van der Waals surface area contributed by atoms with Crippen molar-refractivity contribution in [2.75, 3.05) is 31.6 Å². The summed E-state index contributed by atoms with van der Waals surface area (Å²) in [5, 5.41) is 12.8. The monoisotopic (exact) mass is 447 g/mol. The number of amides is 3. The number of nitrogens with zero attached hydrogens (tertiary/aromatic N) is 1. The molecule has 1 aliphatic rings. The fourth-order valence-corrected chi connectivity index (χ4v) is 3.44. The zero-order valence-corrected chi connectivity index (χ0v) is 18.4. The molecule has 33 heavy (non-hydrogen) atoms. The summed E-state index contributed by atoms with van der Waals surface area (Å²) in [6, 6.07) is 11.1. The third kappa shape index (κ3) is 6.42. The number of amidine groups is 1. The predicted octanol–water partition coefficient (Wildman–Crippen LogP) is 0.443.